The van der Waals surface area contributed by atoms with Crippen LogP contribution >= 0.6 is 0 Å². The smallest absolute Gasteiger partial charge is 0.211 e. The van der Waals surface area contributed by atoms with E-state index in [1.807, 2.05) is 6.92 Å². The molecule has 0 atom stereocenters. The van der Waals surface area contributed by atoms with Gasteiger partial charge in [0.15, 0.2) is 0 Å². The maximum Gasteiger partial charge on any atom is 0.211 e. The van der Waals surface area contributed by atoms with Gasteiger partial charge in [-0.15, -0.1) is 0 Å². The van der Waals surface area contributed by atoms with E-state index in [0.29, 0.717) is 12.1 Å². The Labute approximate surface area is 76.0 Å². The van der Waals surface area contributed by atoms with Crippen molar-refractivity contribution in [1.82, 2.24) is 0 Å². The molecule has 4 heteroatoms. The molecule has 13 heavy (non-hydrogen) atoms. The molecule has 0 aliphatic heterocycles. The van der Waals surface area contributed by atoms with Crippen molar-refractivity contribution in [2.24, 2.45) is 0 Å². The number of carbonyl (C=O) groups is 1. The average molecular weight is 182 g/mol. The predicted molar refractivity (Wildman–Crippen MR) is 50.3 cm³/mol. The van der Waals surface area contributed by atoms with E-state index in [4.69, 9.17) is 0 Å². The van der Waals surface area contributed by atoms with Gasteiger partial charge in [-0.3, -0.25) is 4.79 Å². The third-order valence-corrected chi connectivity index (χ3v) is 1.56. The van der Waals surface area contributed by atoms with Crippen LogP contribution in [0.25, 0.3) is 0 Å². The van der Waals surface area contributed by atoms with Gasteiger partial charge in [0.1, 0.15) is 5.82 Å². The van der Waals surface area contributed by atoms with Gasteiger partial charge in [0.2, 0.25) is 6.41 Å². The molecule has 0 spiro atoms. The van der Waals surface area contributed by atoms with Crippen LogP contribution in [0.2, 0.25) is 0 Å². The van der Waals surface area contributed by atoms with Gasteiger partial charge in [0, 0.05) is 6.54 Å². The minimum atomic E-state index is -0.369. The fourth-order valence-electron chi connectivity index (χ4n) is 1.04. The molecule has 0 aliphatic carbocycles. The lowest BCUT2D eigenvalue weighted by molar-refractivity contribution is -0.105. The molecule has 0 saturated carbocycles. The zero-order valence-corrected chi connectivity index (χ0v) is 7.30. The number of amides is 1. The summed E-state index contributed by atoms with van der Waals surface area (Å²) in [4.78, 5) is 10.2. The molecule has 1 amide bonds. The zero-order chi connectivity index (χ0) is 9.68. The van der Waals surface area contributed by atoms with E-state index in [0.717, 1.165) is 12.2 Å². The summed E-state index contributed by atoms with van der Waals surface area (Å²) in [5.74, 6) is -0.369. The summed E-state index contributed by atoms with van der Waals surface area (Å²) in [6, 6.07) is 4.20. The minimum absolute atomic E-state index is 0.369. The second kappa shape index (κ2) is 4.45. The molecule has 0 aliphatic rings. The lowest BCUT2D eigenvalue weighted by Crippen LogP contribution is -2.03. The first-order valence-electron chi connectivity index (χ1n) is 4.01. The fraction of sp³-hybridized carbons (Fsp3) is 0.222. The quantitative estimate of drug-likeness (QED) is 0.697. The highest BCUT2D eigenvalue weighted by Gasteiger charge is 2.01. The Balaban J connectivity index is 2.95. The van der Waals surface area contributed by atoms with Gasteiger partial charge >= 0.3 is 0 Å². The van der Waals surface area contributed by atoms with Gasteiger partial charge in [-0.25, -0.2) is 4.39 Å². The molecule has 2 N–H and O–H groups in total. The van der Waals surface area contributed by atoms with Gasteiger partial charge in [-0.1, -0.05) is 0 Å². The van der Waals surface area contributed by atoms with E-state index in [9.17, 15) is 9.18 Å². The van der Waals surface area contributed by atoms with Crippen molar-refractivity contribution in [3.8, 4) is 0 Å². The number of benzene rings is 1. The van der Waals surface area contributed by atoms with E-state index < -0.39 is 0 Å². The Morgan fingerprint density at radius 3 is 2.85 bits per heavy atom. The molecule has 0 heterocycles. The standard InChI is InChI=1S/C9H11FN2O/c1-2-11-8-4-3-7(10)5-9(8)12-6-13/h3-6,11H,2H2,1H3,(H,12,13). The summed E-state index contributed by atoms with van der Waals surface area (Å²) < 4.78 is 12.7. The average Bonchev–Trinajstić information content (AvgIpc) is 2.10. The molecule has 0 radical (unpaired) electrons. The lowest BCUT2D eigenvalue weighted by atomic mass is 10.2. The van der Waals surface area contributed by atoms with Crippen LogP contribution in [0.4, 0.5) is 15.8 Å². The largest absolute Gasteiger partial charge is 0.384 e. The van der Waals surface area contributed by atoms with E-state index >= 15 is 0 Å². The van der Waals surface area contributed by atoms with Gasteiger partial charge in [-0.2, -0.15) is 0 Å². The SMILES string of the molecule is CCNc1ccc(F)cc1NC=O. The number of carbonyl (C=O) groups excluding carboxylic acids is 1. The van der Waals surface area contributed by atoms with Crippen molar-refractivity contribution in [2.75, 3.05) is 17.2 Å². The van der Waals surface area contributed by atoms with Crippen molar-refractivity contribution >= 4 is 17.8 Å². The maximum absolute atomic E-state index is 12.7. The predicted octanol–water partition coefficient (Wildman–Crippen LogP) is 1.83. The monoisotopic (exact) mass is 182 g/mol. The number of nitrogens with one attached hydrogen (secondary N) is 2. The van der Waals surface area contributed by atoms with Crippen LogP contribution in [0.1, 0.15) is 6.92 Å². The van der Waals surface area contributed by atoms with Crippen LogP contribution < -0.4 is 10.6 Å². The van der Waals surface area contributed by atoms with E-state index in [1.165, 1.54) is 12.1 Å². The van der Waals surface area contributed by atoms with Crippen molar-refractivity contribution < 1.29 is 9.18 Å². The molecule has 0 fully saturated rings. The van der Waals surface area contributed by atoms with Crippen molar-refractivity contribution in [3.63, 3.8) is 0 Å². The number of hydrogen-bond donors (Lipinski definition) is 2. The van der Waals surface area contributed by atoms with Crippen LogP contribution in [-0.2, 0) is 4.79 Å². The number of rotatable bonds is 4. The number of halogens is 1. The first-order chi connectivity index (χ1) is 6.27. The van der Waals surface area contributed by atoms with Gasteiger partial charge in [0.25, 0.3) is 0 Å². The second-order valence-electron chi connectivity index (χ2n) is 2.48. The highest BCUT2D eigenvalue weighted by atomic mass is 19.1. The van der Waals surface area contributed by atoms with Crippen molar-refractivity contribution in [2.45, 2.75) is 6.92 Å². The van der Waals surface area contributed by atoms with E-state index in [1.54, 1.807) is 6.07 Å². The maximum atomic E-state index is 12.7. The lowest BCUT2D eigenvalue weighted by Gasteiger charge is -2.08. The molecule has 3 nitrogen and oxygen atoms in total. The van der Waals surface area contributed by atoms with Crippen molar-refractivity contribution in [3.05, 3.63) is 24.0 Å². The summed E-state index contributed by atoms with van der Waals surface area (Å²) in [6.07, 6.45) is 0.523. The van der Waals surface area contributed by atoms with E-state index in [2.05, 4.69) is 10.6 Å². The van der Waals surface area contributed by atoms with Crippen LogP contribution in [0.5, 0.6) is 0 Å². The molecule has 0 saturated heterocycles. The first-order valence-corrected chi connectivity index (χ1v) is 4.01. The zero-order valence-electron chi connectivity index (χ0n) is 7.30. The number of hydrogen-bond acceptors (Lipinski definition) is 2. The van der Waals surface area contributed by atoms with E-state index in [-0.39, 0.29) is 5.82 Å². The molecule has 1 aromatic carbocycles. The van der Waals surface area contributed by atoms with Crippen LogP contribution in [0.15, 0.2) is 18.2 Å². The molecular formula is C9H11FN2O. The first kappa shape index (κ1) is 9.51. The van der Waals surface area contributed by atoms with Gasteiger partial charge < -0.3 is 10.6 Å². The molecular weight excluding hydrogens is 171 g/mol. The summed E-state index contributed by atoms with van der Waals surface area (Å²) in [7, 11) is 0. The number of anilines is 2. The van der Waals surface area contributed by atoms with Crippen LogP contribution in [0, 0.1) is 5.82 Å². The summed E-state index contributed by atoms with van der Waals surface area (Å²) in [5.41, 5.74) is 1.17. The van der Waals surface area contributed by atoms with Gasteiger partial charge in [-0.05, 0) is 25.1 Å². The molecule has 70 valence electrons. The molecule has 1 rings (SSSR count). The molecule has 1 aromatic rings. The Morgan fingerprint density at radius 2 is 2.23 bits per heavy atom. The molecule has 0 aromatic heterocycles. The third kappa shape index (κ3) is 2.43. The molecule has 0 bridgehead atoms. The fourth-order valence-corrected chi connectivity index (χ4v) is 1.04. The second-order valence-corrected chi connectivity index (χ2v) is 2.48. The summed E-state index contributed by atoms with van der Waals surface area (Å²) in [5, 5.41) is 5.42. The topological polar surface area (TPSA) is 41.1 Å². The Hall–Kier alpha value is -1.58. The Kier molecular flexibility index (Phi) is 3.25. The van der Waals surface area contributed by atoms with Crippen LogP contribution in [0.3, 0.4) is 0 Å². The van der Waals surface area contributed by atoms with Crippen LogP contribution in [-0.4, -0.2) is 13.0 Å². The normalized spacial score (nSPS) is 9.38. The Morgan fingerprint density at radius 1 is 1.46 bits per heavy atom. The summed E-state index contributed by atoms with van der Waals surface area (Å²) in [6.45, 7) is 2.65. The highest BCUT2D eigenvalue weighted by molar-refractivity contribution is 5.80. The highest BCUT2D eigenvalue weighted by Crippen LogP contribution is 2.21. The molecule has 0 unspecified atom stereocenters. The van der Waals surface area contributed by atoms with Crippen molar-refractivity contribution in [1.29, 1.82) is 0 Å². The minimum Gasteiger partial charge on any atom is -0.384 e. The Bertz CT molecular complexity index is 302. The van der Waals surface area contributed by atoms with Gasteiger partial charge in [0.05, 0.1) is 11.4 Å². The third-order valence-electron chi connectivity index (χ3n) is 1.56. The summed E-state index contributed by atoms with van der Waals surface area (Å²) >= 11 is 0.